The van der Waals surface area contributed by atoms with E-state index in [1.54, 1.807) is 30.0 Å². The van der Waals surface area contributed by atoms with E-state index in [1.165, 1.54) is 10.7 Å². The molecule has 6 nitrogen and oxygen atoms in total. The second kappa shape index (κ2) is 4.63. The summed E-state index contributed by atoms with van der Waals surface area (Å²) in [6.07, 6.45) is 2.97. The first-order chi connectivity index (χ1) is 10.1. The van der Waals surface area contributed by atoms with Crippen molar-refractivity contribution in [3.63, 3.8) is 0 Å². The zero-order chi connectivity index (χ0) is 15.1. The Morgan fingerprint density at radius 2 is 2.19 bits per heavy atom. The first kappa shape index (κ1) is 13.2. The fourth-order valence-corrected chi connectivity index (χ4v) is 2.63. The Balaban J connectivity index is 2.56. The number of furan rings is 1. The topological polar surface area (TPSA) is 76.2 Å². The Hall–Kier alpha value is -2.81. The van der Waals surface area contributed by atoms with Crippen LogP contribution in [0.25, 0.3) is 17.1 Å². The fraction of sp³-hybridized carbons (Fsp3) is 0.267. The Labute approximate surface area is 120 Å². The van der Waals surface area contributed by atoms with E-state index in [1.807, 2.05) is 13.8 Å². The number of aryl methyl sites for hydroxylation is 1. The standard InChI is InChI=1S/C15H14N4O2/c1-9(2)12-13(11-5-4-6-21-11)18(3)14-10(7-16)8-17-19(14)15(12)20/h4-6,8-9H,1-3H3. The molecule has 0 saturated carbocycles. The zero-order valence-electron chi connectivity index (χ0n) is 12.0. The van der Waals surface area contributed by atoms with E-state index in [0.29, 0.717) is 28.2 Å². The van der Waals surface area contributed by atoms with Gasteiger partial charge >= 0.3 is 0 Å². The second-order valence-electron chi connectivity index (χ2n) is 5.16. The minimum absolute atomic E-state index is 0.00272. The molecule has 3 heterocycles. The molecular weight excluding hydrogens is 268 g/mol. The summed E-state index contributed by atoms with van der Waals surface area (Å²) in [6, 6.07) is 5.64. The molecule has 0 saturated heterocycles. The van der Waals surface area contributed by atoms with Crippen LogP contribution in [0.1, 0.15) is 30.9 Å². The summed E-state index contributed by atoms with van der Waals surface area (Å²) in [4.78, 5) is 12.7. The number of hydrogen-bond acceptors (Lipinski definition) is 4. The summed E-state index contributed by atoms with van der Waals surface area (Å²) in [5.74, 6) is 0.605. The molecule has 106 valence electrons. The smallest absolute Gasteiger partial charge is 0.278 e. The number of fused-ring (bicyclic) bond motifs is 1. The van der Waals surface area contributed by atoms with Crippen molar-refractivity contribution in [2.45, 2.75) is 19.8 Å². The predicted molar refractivity (Wildman–Crippen MR) is 76.9 cm³/mol. The van der Waals surface area contributed by atoms with Gasteiger partial charge in [-0.25, -0.2) is 0 Å². The third kappa shape index (κ3) is 1.78. The number of hydrogen-bond donors (Lipinski definition) is 0. The minimum atomic E-state index is -0.217. The Morgan fingerprint density at radius 3 is 2.76 bits per heavy atom. The molecule has 0 aliphatic heterocycles. The quantitative estimate of drug-likeness (QED) is 0.722. The van der Waals surface area contributed by atoms with Crippen LogP contribution >= 0.6 is 0 Å². The molecule has 0 fully saturated rings. The van der Waals surface area contributed by atoms with Gasteiger partial charge in [0, 0.05) is 12.6 Å². The summed E-state index contributed by atoms with van der Waals surface area (Å²) in [7, 11) is 1.81. The summed E-state index contributed by atoms with van der Waals surface area (Å²) < 4.78 is 8.54. The predicted octanol–water partition coefficient (Wildman–Crippen LogP) is 2.29. The van der Waals surface area contributed by atoms with Crippen molar-refractivity contribution in [2.75, 3.05) is 0 Å². The van der Waals surface area contributed by atoms with Crippen molar-refractivity contribution >= 4 is 5.65 Å². The zero-order valence-corrected chi connectivity index (χ0v) is 12.0. The molecular formula is C15H14N4O2. The Morgan fingerprint density at radius 1 is 1.43 bits per heavy atom. The van der Waals surface area contributed by atoms with Gasteiger partial charge in [0.2, 0.25) is 0 Å². The maximum Gasteiger partial charge on any atom is 0.278 e. The normalized spacial score (nSPS) is 11.2. The van der Waals surface area contributed by atoms with Gasteiger partial charge in [0.05, 0.1) is 18.2 Å². The van der Waals surface area contributed by atoms with Crippen LogP contribution < -0.4 is 5.56 Å². The summed E-state index contributed by atoms with van der Waals surface area (Å²) >= 11 is 0. The van der Waals surface area contributed by atoms with Crippen LogP contribution in [0.2, 0.25) is 0 Å². The molecule has 3 aromatic rings. The highest BCUT2D eigenvalue weighted by atomic mass is 16.3. The third-order valence-electron chi connectivity index (χ3n) is 3.53. The van der Waals surface area contributed by atoms with Crippen molar-refractivity contribution in [1.29, 1.82) is 5.26 Å². The van der Waals surface area contributed by atoms with Gasteiger partial charge < -0.3 is 8.98 Å². The second-order valence-corrected chi connectivity index (χ2v) is 5.16. The molecule has 0 aliphatic rings. The average molecular weight is 282 g/mol. The van der Waals surface area contributed by atoms with Crippen molar-refractivity contribution < 1.29 is 4.42 Å². The van der Waals surface area contributed by atoms with Crippen molar-refractivity contribution in [2.24, 2.45) is 7.05 Å². The van der Waals surface area contributed by atoms with Crippen LogP contribution in [0.15, 0.2) is 33.8 Å². The molecule has 0 bridgehead atoms. The van der Waals surface area contributed by atoms with Gasteiger partial charge in [-0.05, 0) is 18.1 Å². The highest BCUT2D eigenvalue weighted by Gasteiger charge is 2.23. The van der Waals surface area contributed by atoms with E-state index in [-0.39, 0.29) is 11.5 Å². The van der Waals surface area contributed by atoms with Crippen molar-refractivity contribution in [1.82, 2.24) is 14.2 Å². The number of nitrogens with zero attached hydrogens (tertiary/aromatic N) is 4. The monoisotopic (exact) mass is 282 g/mol. The molecule has 0 aromatic carbocycles. The lowest BCUT2D eigenvalue weighted by molar-refractivity contribution is 0.572. The lowest BCUT2D eigenvalue weighted by Gasteiger charge is -2.16. The van der Waals surface area contributed by atoms with E-state index in [0.717, 1.165) is 0 Å². The van der Waals surface area contributed by atoms with E-state index in [2.05, 4.69) is 11.2 Å². The number of nitriles is 1. The summed E-state index contributed by atoms with van der Waals surface area (Å²) in [6.45, 7) is 3.90. The molecule has 0 atom stereocenters. The maximum atomic E-state index is 12.7. The van der Waals surface area contributed by atoms with Gasteiger partial charge in [-0.1, -0.05) is 13.8 Å². The molecule has 3 aromatic heterocycles. The largest absolute Gasteiger partial charge is 0.463 e. The molecule has 0 N–H and O–H groups in total. The van der Waals surface area contributed by atoms with Crippen LogP contribution in [0, 0.1) is 11.3 Å². The van der Waals surface area contributed by atoms with Crippen LogP contribution in [-0.2, 0) is 7.05 Å². The molecule has 0 amide bonds. The Bertz CT molecular complexity index is 908. The molecule has 21 heavy (non-hydrogen) atoms. The van der Waals surface area contributed by atoms with Crippen LogP contribution in [-0.4, -0.2) is 14.2 Å². The van der Waals surface area contributed by atoms with Gasteiger partial charge in [0.1, 0.15) is 11.6 Å². The van der Waals surface area contributed by atoms with Crippen molar-refractivity contribution in [3.8, 4) is 17.5 Å². The lowest BCUT2D eigenvalue weighted by atomic mass is 10.0. The average Bonchev–Trinajstić information content (AvgIpc) is 3.10. The first-order valence-electron chi connectivity index (χ1n) is 6.60. The lowest BCUT2D eigenvalue weighted by Crippen LogP contribution is -2.25. The Kier molecular flexibility index (Phi) is 2.91. The minimum Gasteiger partial charge on any atom is -0.463 e. The molecule has 6 heteroatoms. The van der Waals surface area contributed by atoms with Gasteiger partial charge in [0.25, 0.3) is 5.56 Å². The van der Waals surface area contributed by atoms with E-state index >= 15 is 0 Å². The van der Waals surface area contributed by atoms with E-state index in [4.69, 9.17) is 4.42 Å². The first-order valence-corrected chi connectivity index (χ1v) is 6.60. The highest BCUT2D eigenvalue weighted by Crippen LogP contribution is 2.28. The fourth-order valence-electron chi connectivity index (χ4n) is 2.63. The van der Waals surface area contributed by atoms with Crippen LogP contribution in [0.4, 0.5) is 0 Å². The number of rotatable bonds is 2. The summed E-state index contributed by atoms with van der Waals surface area (Å²) in [5, 5.41) is 13.2. The third-order valence-corrected chi connectivity index (χ3v) is 3.53. The molecule has 3 rings (SSSR count). The van der Waals surface area contributed by atoms with E-state index in [9.17, 15) is 10.1 Å². The SMILES string of the molecule is CC(C)c1c(-c2ccco2)n(C)c2c(C#N)cnn2c1=O. The van der Waals surface area contributed by atoms with Gasteiger partial charge in [-0.15, -0.1) is 0 Å². The molecule has 0 aliphatic carbocycles. The highest BCUT2D eigenvalue weighted by molar-refractivity contribution is 5.66. The van der Waals surface area contributed by atoms with Crippen LogP contribution in [0.3, 0.4) is 0 Å². The molecule has 0 unspecified atom stereocenters. The molecule has 0 spiro atoms. The number of aromatic nitrogens is 3. The summed E-state index contributed by atoms with van der Waals surface area (Å²) in [5.41, 5.74) is 1.92. The van der Waals surface area contributed by atoms with Crippen LogP contribution in [0.5, 0.6) is 0 Å². The van der Waals surface area contributed by atoms with Crippen molar-refractivity contribution in [3.05, 3.63) is 46.1 Å². The van der Waals surface area contributed by atoms with Gasteiger partial charge in [-0.3, -0.25) is 4.79 Å². The van der Waals surface area contributed by atoms with E-state index < -0.39 is 0 Å². The van der Waals surface area contributed by atoms with Gasteiger partial charge in [-0.2, -0.15) is 14.9 Å². The van der Waals surface area contributed by atoms with Gasteiger partial charge in [0.15, 0.2) is 11.4 Å². The maximum absolute atomic E-state index is 12.7. The molecule has 0 radical (unpaired) electrons.